The van der Waals surface area contributed by atoms with Gasteiger partial charge in [-0.05, 0) is 42.5 Å². The number of benzene rings is 2. The number of carbonyl (C=O) groups is 3. The highest BCUT2D eigenvalue weighted by molar-refractivity contribution is 5.97. The van der Waals surface area contributed by atoms with Crippen molar-refractivity contribution in [1.82, 2.24) is 20.6 Å². The number of nitrogens with zero attached hydrogens (tertiary/aromatic N) is 2. The smallest absolute Gasteiger partial charge is 0.328 e. The summed E-state index contributed by atoms with van der Waals surface area (Å²) in [5.74, 6) is -2.27. The van der Waals surface area contributed by atoms with Gasteiger partial charge in [-0.3, -0.25) is 4.79 Å². The second-order valence-corrected chi connectivity index (χ2v) is 7.23. The Morgan fingerprint density at radius 3 is 2.44 bits per heavy atom. The number of rotatable bonds is 11. The first-order chi connectivity index (χ1) is 17.3. The standard InChI is InChI=1S/C23H23FN6O6/c24-14-2-4-15(5-3-14)29-23(35)30-18(21(33)34)13-28-20(32)17-7-6-16(12-19(17)31)36-11-10-27-22-25-8-1-9-26-22/h1-9,12,18,31H,10-11,13H2,(H,28,32)(H,33,34)(H,25,26,27)(H2,29,30,35)/t18-/m0/s1. The lowest BCUT2D eigenvalue weighted by atomic mass is 10.1. The van der Waals surface area contributed by atoms with Crippen molar-refractivity contribution in [2.45, 2.75) is 6.04 Å². The fourth-order valence-corrected chi connectivity index (χ4v) is 2.86. The molecular weight excluding hydrogens is 475 g/mol. The summed E-state index contributed by atoms with van der Waals surface area (Å²) in [5, 5.41) is 29.4. The third-order valence-corrected chi connectivity index (χ3v) is 4.61. The molecular formula is C23H23FN6O6. The molecule has 0 saturated carbocycles. The lowest BCUT2D eigenvalue weighted by molar-refractivity contribution is -0.138. The zero-order valence-corrected chi connectivity index (χ0v) is 18.8. The summed E-state index contributed by atoms with van der Waals surface area (Å²) in [7, 11) is 0. The minimum atomic E-state index is -1.47. The summed E-state index contributed by atoms with van der Waals surface area (Å²) in [6, 6.07) is 8.25. The van der Waals surface area contributed by atoms with Gasteiger partial charge in [-0.25, -0.2) is 23.9 Å². The van der Waals surface area contributed by atoms with Crippen LogP contribution in [0.1, 0.15) is 10.4 Å². The van der Waals surface area contributed by atoms with Crippen molar-refractivity contribution in [3.05, 3.63) is 72.3 Å². The van der Waals surface area contributed by atoms with Crippen molar-refractivity contribution in [2.24, 2.45) is 0 Å². The minimum absolute atomic E-state index is 0.113. The highest BCUT2D eigenvalue weighted by atomic mass is 19.1. The van der Waals surface area contributed by atoms with Crippen LogP contribution in [-0.4, -0.2) is 63.8 Å². The van der Waals surface area contributed by atoms with Crippen molar-refractivity contribution in [3.63, 3.8) is 0 Å². The Labute approximate surface area is 204 Å². The Bertz CT molecular complexity index is 1200. The van der Waals surface area contributed by atoms with Crippen molar-refractivity contribution < 1.29 is 33.7 Å². The molecule has 0 saturated heterocycles. The number of aromatic hydroxyl groups is 1. The van der Waals surface area contributed by atoms with E-state index in [-0.39, 0.29) is 23.6 Å². The number of aromatic nitrogens is 2. The first-order valence-corrected chi connectivity index (χ1v) is 10.6. The lowest BCUT2D eigenvalue weighted by Gasteiger charge is -2.16. The predicted octanol–water partition coefficient (Wildman–Crippen LogP) is 1.82. The highest BCUT2D eigenvalue weighted by Crippen LogP contribution is 2.23. The van der Waals surface area contributed by atoms with Crippen LogP contribution in [0.3, 0.4) is 0 Å². The monoisotopic (exact) mass is 498 g/mol. The zero-order chi connectivity index (χ0) is 25.9. The number of hydrogen-bond acceptors (Lipinski definition) is 8. The van der Waals surface area contributed by atoms with Gasteiger partial charge < -0.3 is 36.2 Å². The molecule has 0 aliphatic carbocycles. The average Bonchev–Trinajstić information content (AvgIpc) is 2.86. The second kappa shape index (κ2) is 12.5. The van der Waals surface area contributed by atoms with Crippen molar-refractivity contribution in [1.29, 1.82) is 0 Å². The summed E-state index contributed by atoms with van der Waals surface area (Å²) >= 11 is 0. The van der Waals surface area contributed by atoms with Crippen LogP contribution in [0, 0.1) is 5.82 Å². The molecule has 36 heavy (non-hydrogen) atoms. The molecule has 1 aromatic heterocycles. The van der Waals surface area contributed by atoms with Gasteiger partial charge in [0.2, 0.25) is 5.95 Å². The van der Waals surface area contributed by atoms with Crippen molar-refractivity contribution in [2.75, 3.05) is 30.3 Å². The number of anilines is 2. The van der Waals surface area contributed by atoms with Crippen LogP contribution in [0.5, 0.6) is 11.5 Å². The molecule has 0 bridgehead atoms. The third-order valence-electron chi connectivity index (χ3n) is 4.61. The molecule has 13 heteroatoms. The van der Waals surface area contributed by atoms with E-state index >= 15 is 0 Å². The maximum Gasteiger partial charge on any atom is 0.328 e. The summed E-state index contributed by atoms with van der Waals surface area (Å²) in [6.07, 6.45) is 3.19. The van der Waals surface area contributed by atoms with Gasteiger partial charge in [0.05, 0.1) is 12.1 Å². The quantitative estimate of drug-likeness (QED) is 0.215. The molecule has 0 spiro atoms. The fourth-order valence-electron chi connectivity index (χ4n) is 2.86. The Morgan fingerprint density at radius 2 is 1.78 bits per heavy atom. The highest BCUT2D eigenvalue weighted by Gasteiger charge is 2.22. The Morgan fingerprint density at radius 1 is 1.06 bits per heavy atom. The number of carboxylic acids is 1. The largest absolute Gasteiger partial charge is 0.507 e. The number of amides is 3. The van der Waals surface area contributed by atoms with Gasteiger partial charge in [-0.15, -0.1) is 0 Å². The van der Waals surface area contributed by atoms with E-state index in [2.05, 4.69) is 31.2 Å². The third kappa shape index (κ3) is 7.83. The van der Waals surface area contributed by atoms with E-state index < -0.39 is 36.3 Å². The van der Waals surface area contributed by atoms with Crippen LogP contribution in [-0.2, 0) is 4.79 Å². The number of carboxylic acid groups (broad SMARTS) is 1. The SMILES string of the molecule is O=C(Nc1ccc(F)cc1)N[C@@H](CNC(=O)c1ccc(OCCNc2ncccn2)cc1O)C(=O)O. The molecule has 3 amide bonds. The maximum absolute atomic E-state index is 13.0. The number of urea groups is 1. The first-order valence-electron chi connectivity index (χ1n) is 10.6. The van der Waals surface area contributed by atoms with Crippen LogP contribution in [0.2, 0.25) is 0 Å². The number of halogens is 1. The number of phenols is 1. The van der Waals surface area contributed by atoms with E-state index in [1.165, 1.54) is 30.3 Å². The molecule has 1 heterocycles. The minimum Gasteiger partial charge on any atom is -0.507 e. The molecule has 1 atom stereocenters. The van der Waals surface area contributed by atoms with E-state index in [0.717, 1.165) is 12.1 Å². The number of hydrogen-bond donors (Lipinski definition) is 6. The van der Waals surface area contributed by atoms with Gasteiger partial charge in [0.15, 0.2) is 0 Å². The molecule has 3 aromatic rings. The van der Waals surface area contributed by atoms with Crippen molar-refractivity contribution >= 4 is 29.5 Å². The summed E-state index contributed by atoms with van der Waals surface area (Å²) < 4.78 is 18.5. The van der Waals surface area contributed by atoms with E-state index in [0.29, 0.717) is 18.2 Å². The molecule has 12 nitrogen and oxygen atoms in total. The van der Waals surface area contributed by atoms with Crippen LogP contribution >= 0.6 is 0 Å². The van der Waals surface area contributed by atoms with Crippen LogP contribution in [0.25, 0.3) is 0 Å². The van der Waals surface area contributed by atoms with E-state index in [9.17, 15) is 29.0 Å². The van der Waals surface area contributed by atoms with Gasteiger partial charge in [-0.2, -0.15) is 0 Å². The summed E-state index contributed by atoms with van der Waals surface area (Å²) in [4.78, 5) is 44.0. The zero-order valence-electron chi connectivity index (χ0n) is 18.8. The maximum atomic E-state index is 13.0. The Kier molecular flexibility index (Phi) is 8.92. The topological polar surface area (TPSA) is 175 Å². The summed E-state index contributed by atoms with van der Waals surface area (Å²) in [5.41, 5.74) is 0.136. The number of aliphatic carboxylic acids is 1. The Balaban J connectivity index is 1.47. The van der Waals surface area contributed by atoms with Crippen molar-refractivity contribution in [3.8, 4) is 11.5 Å². The molecule has 0 unspecified atom stereocenters. The number of carbonyl (C=O) groups excluding carboxylic acids is 2. The molecule has 0 fully saturated rings. The van der Waals surface area contributed by atoms with E-state index in [4.69, 9.17) is 4.74 Å². The van der Waals surface area contributed by atoms with Gasteiger partial charge in [0.1, 0.15) is 30.0 Å². The molecule has 188 valence electrons. The normalized spacial score (nSPS) is 11.1. The van der Waals surface area contributed by atoms with Gasteiger partial charge >= 0.3 is 12.0 Å². The van der Waals surface area contributed by atoms with Crippen LogP contribution in [0.4, 0.5) is 20.8 Å². The molecule has 0 aliphatic rings. The molecule has 2 aromatic carbocycles. The number of ether oxygens (including phenoxy) is 1. The molecule has 3 rings (SSSR count). The summed E-state index contributed by atoms with van der Waals surface area (Å²) in [6.45, 7) is 0.163. The van der Waals surface area contributed by atoms with E-state index in [1.54, 1.807) is 18.5 Å². The van der Waals surface area contributed by atoms with E-state index in [1.807, 2.05) is 0 Å². The fraction of sp³-hybridized carbons (Fsp3) is 0.174. The molecule has 0 radical (unpaired) electrons. The van der Waals surface area contributed by atoms with Crippen LogP contribution in [0.15, 0.2) is 60.9 Å². The second-order valence-electron chi connectivity index (χ2n) is 7.23. The number of nitrogens with one attached hydrogen (secondary N) is 4. The van der Waals surface area contributed by atoms with Gasteiger partial charge in [-0.1, -0.05) is 0 Å². The van der Waals surface area contributed by atoms with Gasteiger partial charge in [0, 0.05) is 30.7 Å². The first kappa shape index (κ1) is 25.7. The lowest BCUT2D eigenvalue weighted by Crippen LogP contribution is -2.49. The van der Waals surface area contributed by atoms with Crippen LogP contribution < -0.4 is 26.0 Å². The van der Waals surface area contributed by atoms with Gasteiger partial charge in [0.25, 0.3) is 5.91 Å². The Hall–Kier alpha value is -4.94. The average molecular weight is 498 g/mol. The molecule has 6 N–H and O–H groups in total. The predicted molar refractivity (Wildman–Crippen MR) is 126 cm³/mol. The number of phenolic OH excluding ortho intramolecular Hbond substituents is 1. The molecule has 0 aliphatic heterocycles.